The summed E-state index contributed by atoms with van der Waals surface area (Å²) >= 11 is -2.33. The van der Waals surface area contributed by atoms with Gasteiger partial charge in [-0.25, -0.2) is 0 Å². The zero-order valence-electron chi connectivity index (χ0n) is 28.3. The van der Waals surface area contributed by atoms with Gasteiger partial charge in [0.1, 0.15) is 0 Å². The summed E-state index contributed by atoms with van der Waals surface area (Å²) in [6, 6.07) is -0.402. The third-order valence-corrected chi connectivity index (χ3v) is 24.0. The normalized spacial score (nSPS) is 24.4. The van der Waals surface area contributed by atoms with Gasteiger partial charge < -0.3 is 10.4 Å². The Morgan fingerprint density at radius 2 is 1.51 bits per heavy atom. The topological polar surface area (TPSA) is 69.6 Å². The molecule has 0 aromatic rings. The van der Waals surface area contributed by atoms with Crippen molar-refractivity contribution in [2.24, 2.45) is 23.2 Å². The van der Waals surface area contributed by atoms with Gasteiger partial charge in [-0.15, -0.1) is 0 Å². The predicted molar refractivity (Wildman–Crippen MR) is 181 cm³/mol. The van der Waals surface area contributed by atoms with Gasteiger partial charge >= 0.3 is 219 Å². The van der Waals surface area contributed by atoms with Crippen LogP contribution in [-0.2, 0) is 4.79 Å². The molecule has 1 rings (SSSR count). The van der Waals surface area contributed by atoms with Gasteiger partial charge in [0.15, 0.2) is 0 Å². The number of amides is 1. The average Bonchev–Trinajstić information content (AvgIpc) is 2.94. The molecule has 0 unspecified atom stereocenters. The van der Waals surface area contributed by atoms with E-state index in [1.807, 2.05) is 13.8 Å². The number of hydrogen-bond acceptors (Lipinski definition) is 3. The second-order valence-electron chi connectivity index (χ2n) is 13.8. The number of carbonyl (C=O) groups is 1. The van der Waals surface area contributed by atoms with Crippen LogP contribution in [0.5, 0.6) is 0 Å². The Morgan fingerprint density at radius 1 is 0.951 bits per heavy atom. The van der Waals surface area contributed by atoms with Gasteiger partial charge in [0.05, 0.1) is 6.04 Å². The molecule has 1 amide bonds. The third-order valence-electron chi connectivity index (χ3n) is 9.92. The number of hydrogen-bond donors (Lipinski definition) is 3. The molecule has 238 valence electrons. The SMILES string of the molecule is CCC[CH2][Sn](/[CH]=C/[C@]1(C)CCCC[C@@H]1/C=C(C)/C=C/[C@@H](C)[C@@H](O)[C@H](C)[C@H](O)[C@@H](C)NC(C)=O)([CH2]CCC)[CH2]CCC. The second kappa shape index (κ2) is 19.6. The zero-order valence-corrected chi connectivity index (χ0v) is 31.2. The first kappa shape index (κ1) is 38.4. The molecule has 41 heavy (non-hydrogen) atoms. The summed E-state index contributed by atoms with van der Waals surface area (Å²) in [4.78, 5) is 11.4. The van der Waals surface area contributed by atoms with Crippen LogP contribution < -0.4 is 5.32 Å². The van der Waals surface area contributed by atoms with Crippen molar-refractivity contribution >= 4 is 24.3 Å². The number of unbranched alkanes of at least 4 members (excludes halogenated alkanes) is 3. The van der Waals surface area contributed by atoms with Crippen LogP contribution in [0.25, 0.3) is 0 Å². The van der Waals surface area contributed by atoms with Crippen molar-refractivity contribution in [3.8, 4) is 0 Å². The average molecular weight is 681 g/mol. The molecular weight excluding hydrogens is 613 g/mol. The number of nitrogens with one attached hydrogen (secondary N) is 1. The van der Waals surface area contributed by atoms with E-state index in [4.69, 9.17) is 0 Å². The number of rotatable bonds is 19. The minimum atomic E-state index is -2.33. The fraction of sp³-hybridized carbons (Fsp3) is 0.806. The molecule has 0 heterocycles. The van der Waals surface area contributed by atoms with Gasteiger partial charge in [0, 0.05) is 6.92 Å². The molecule has 0 spiro atoms. The van der Waals surface area contributed by atoms with E-state index in [0.29, 0.717) is 5.92 Å². The van der Waals surface area contributed by atoms with E-state index in [-0.39, 0.29) is 23.2 Å². The number of aliphatic hydroxyl groups is 2. The van der Waals surface area contributed by atoms with Crippen molar-refractivity contribution in [1.29, 1.82) is 0 Å². The second-order valence-corrected chi connectivity index (χ2v) is 26.8. The third kappa shape index (κ3) is 13.3. The quantitative estimate of drug-likeness (QED) is 0.0942. The van der Waals surface area contributed by atoms with Crippen molar-refractivity contribution in [2.45, 2.75) is 158 Å². The fourth-order valence-electron chi connectivity index (χ4n) is 6.78. The first-order valence-corrected chi connectivity index (χ1v) is 24.7. The molecule has 1 aliphatic rings. The van der Waals surface area contributed by atoms with Crippen LogP contribution in [0.4, 0.5) is 0 Å². The molecule has 0 radical (unpaired) electrons. The summed E-state index contributed by atoms with van der Waals surface area (Å²) in [6.45, 7) is 18.9. The molecule has 0 aromatic heterocycles. The monoisotopic (exact) mass is 681 g/mol. The van der Waals surface area contributed by atoms with Gasteiger partial charge in [-0.1, -0.05) is 0 Å². The van der Waals surface area contributed by atoms with E-state index < -0.39 is 36.6 Å². The first-order valence-electron chi connectivity index (χ1n) is 17.0. The maximum absolute atomic E-state index is 11.4. The van der Waals surface area contributed by atoms with Crippen molar-refractivity contribution in [3.63, 3.8) is 0 Å². The van der Waals surface area contributed by atoms with E-state index in [0.717, 1.165) is 0 Å². The molecule has 0 aromatic carbocycles. The molecule has 4 nitrogen and oxygen atoms in total. The van der Waals surface area contributed by atoms with Crippen LogP contribution in [0.2, 0.25) is 13.3 Å². The minimum absolute atomic E-state index is 0.101. The first-order chi connectivity index (χ1) is 19.3. The number of carbonyl (C=O) groups excluding carboxylic acids is 1. The maximum atomic E-state index is 11.4. The van der Waals surface area contributed by atoms with Gasteiger partial charge in [-0.05, 0) is 6.92 Å². The van der Waals surface area contributed by atoms with Gasteiger partial charge in [0.25, 0.3) is 0 Å². The Bertz CT molecular complexity index is 815. The van der Waals surface area contributed by atoms with Crippen LogP contribution in [0.3, 0.4) is 0 Å². The molecule has 0 bridgehead atoms. The molecule has 1 aliphatic carbocycles. The molecule has 5 heteroatoms. The van der Waals surface area contributed by atoms with E-state index in [1.165, 1.54) is 90.0 Å². The van der Waals surface area contributed by atoms with E-state index in [1.54, 1.807) is 6.92 Å². The molecule has 1 saturated carbocycles. The summed E-state index contributed by atoms with van der Waals surface area (Å²) in [7, 11) is 0. The number of aliphatic hydroxyl groups excluding tert-OH is 2. The Kier molecular flexibility index (Phi) is 18.4. The van der Waals surface area contributed by atoms with Gasteiger partial charge in [-0.2, -0.15) is 0 Å². The molecule has 0 aliphatic heterocycles. The van der Waals surface area contributed by atoms with Crippen LogP contribution in [0.1, 0.15) is 127 Å². The van der Waals surface area contributed by atoms with Crippen LogP contribution in [0.15, 0.2) is 34.0 Å². The molecule has 3 N–H and O–H groups in total. The summed E-state index contributed by atoms with van der Waals surface area (Å²) in [6.07, 6.45) is 21.3. The van der Waals surface area contributed by atoms with Crippen molar-refractivity contribution in [3.05, 3.63) is 34.0 Å². The summed E-state index contributed by atoms with van der Waals surface area (Å²) < 4.78 is 7.46. The van der Waals surface area contributed by atoms with Gasteiger partial charge in [-0.3, -0.25) is 4.79 Å². The Labute approximate surface area is 258 Å². The van der Waals surface area contributed by atoms with Crippen LogP contribution >= 0.6 is 0 Å². The van der Waals surface area contributed by atoms with Crippen molar-refractivity contribution in [2.75, 3.05) is 0 Å². The molecule has 1 fully saturated rings. The Balaban J connectivity index is 3.09. The van der Waals surface area contributed by atoms with Crippen molar-refractivity contribution < 1.29 is 15.0 Å². The molecule has 7 atom stereocenters. The Morgan fingerprint density at radius 3 is 2.02 bits per heavy atom. The summed E-state index contributed by atoms with van der Waals surface area (Å²) in [5.74, 6) is -0.0828. The van der Waals surface area contributed by atoms with E-state index in [9.17, 15) is 15.0 Å². The molecule has 0 saturated heterocycles. The van der Waals surface area contributed by atoms with Crippen molar-refractivity contribution in [1.82, 2.24) is 5.32 Å². The molecular formula is C36H67NO3Sn. The van der Waals surface area contributed by atoms with E-state index in [2.05, 4.69) is 68.3 Å². The van der Waals surface area contributed by atoms with E-state index >= 15 is 0 Å². The zero-order chi connectivity index (χ0) is 31.1. The van der Waals surface area contributed by atoms with Gasteiger partial charge in [0.2, 0.25) is 5.91 Å². The standard InChI is InChI=1S/C24H40NO3.3C4H9.Sn/c1-8-24(7)14-10-9-11-21(24)15-16(2)12-13-17(3)22(27)18(4)23(28)19(5)25-20(6)26;3*1-3-4-2;/h1,8,12-13,15,17-19,21-23,27-28H,9-11,14H2,2-7H3,(H,25,26);3*1,3-4H2,2H3;/b8-1?,13-12+,16-15+;;;;/t17-,18+,19-,21-,22-,23+,24-;;;;/m1..../s1. The predicted octanol–water partition coefficient (Wildman–Crippen LogP) is 9.15. The Hall–Kier alpha value is -0.591. The van der Waals surface area contributed by atoms with Crippen LogP contribution in [-0.4, -0.2) is 52.7 Å². The summed E-state index contributed by atoms with van der Waals surface area (Å²) in [5, 5.41) is 24.3. The fourth-order valence-corrected chi connectivity index (χ4v) is 21.5. The number of allylic oxidation sites excluding steroid dienone is 4. The van der Waals surface area contributed by atoms with Crippen LogP contribution in [0, 0.1) is 23.2 Å². The summed E-state index contributed by atoms with van der Waals surface area (Å²) in [5.41, 5.74) is 1.48.